The molecule has 17 heavy (non-hydrogen) atoms. The van der Waals surface area contributed by atoms with Gasteiger partial charge in [0.15, 0.2) is 0 Å². The van der Waals surface area contributed by atoms with E-state index in [0.29, 0.717) is 11.9 Å². The van der Waals surface area contributed by atoms with Crippen LogP contribution in [0.1, 0.15) is 38.4 Å². The first kappa shape index (κ1) is 12.8. The van der Waals surface area contributed by atoms with Crippen molar-refractivity contribution in [3.63, 3.8) is 0 Å². The smallest absolute Gasteiger partial charge is 0.141 e. The molecule has 1 aliphatic carbocycles. The van der Waals surface area contributed by atoms with E-state index in [0.717, 1.165) is 31.9 Å². The predicted molar refractivity (Wildman–Crippen MR) is 69.1 cm³/mol. The SMILES string of the molecule is CCCn1ncnc1CN(CCCl)C1CCC1. The van der Waals surface area contributed by atoms with Gasteiger partial charge in [-0.15, -0.1) is 11.6 Å². The molecule has 0 amide bonds. The Labute approximate surface area is 108 Å². The lowest BCUT2D eigenvalue weighted by atomic mass is 9.91. The Morgan fingerprint density at radius 3 is 2.94 bits per heavy atom. The first-order chi connectivity index (χ1) is 8.35. The van der Waals surface area contributed by atoms with Gasteiger partial charge >= 0.3 is 0 Å². The monoisotopic (exact) mass is 256 g/mol. The molecule has 1 aromatic heterocycles. The second-order valence-corrected chi connectivity index (χ2v) is 5.02. The molecular formula is C12H21ClN4. The fourth-order valence-corrected chi connectivity index (χ4v) is 2.46. The number of alkyl halides is 1. The third-order valence-corrected chi connectivity index (χ3v) is 3.61. The van der Waals surface area contributed by atoms with Crippen molar-refractivity contribution >= 4 is 11.6 Å². The molecule has 0 N–H and O–H groups in total. The highest BCUT2D eigenvalue weighted by Gasteiger charge is 2.25. The summed E-state index contributed by atoms with van der Waals surface area (Å²) in [6.07, 6.45) is 6.71. The summed E-state index contributed by atoms with van der Waals surface area (Å²) in [7, 11) is 0. The maximum Gasteiger partial charge on any atom is 0.141 e. The maximum atomic E-state index is 5.88. The van der Waals surface area contributed by atoms with Crippen LogP contribution < -0.4 is 0 Å². The molecule has 1 fully saturated rings. The van der Waals surface area contributed by atoms with E-state index < -0.39 is 0 Å². The van der Waals surface area contributed by atoms with Crippen LogP contribution in [0, 0.1) is 0 Å². The third kappa shape index (κ3) is 3.19. The Balaban J connectivity index is 1.97. The van der Waals surface area contributed by atoms with Crippen molar-refractivity contribution in [2.45, 2.75) is 51.7 Å². The van der Waals surface area contributed by atoms with E-state index in [9.17, 15) is 0 Å². The first-order valence-electron chi connectivity index (χ1n) is 6.51. The van der Waals surface area contributed by atoms with Crippen molar-refractivity contribution < 1.29 is 0 Å². The summed E-state index contributed by atoms with van der Waals surface area (Å²) in [4.78, 5) is 6.82. The van der Waals surface area contributed by atoms with Gasteiger partial charge in [0.25, 0.3) is 0 Å². The lowest BCUT2D eigenvalue weighted by Gasteiger charge is -2.36. The minimum atomic E-state index is 0.693. The van der Waals surface area contributed by atoms with E-state index in [1.54, 1.807) is 6.33 Å². The molecule has 0 bridgehead atoms. The number of hydrogen-bond acceptors (Lipinski definition) is 3. The van der Waals surface area contributed by atoms with E-state index in [2.05, 4.69) is 21.9 Å². The fraction of sp³-hybridized carbons (Fsp3) is 0.833. The van der Waals surface area contributed by atoms with Gasteiger partial charge in [-0.05, 0) is 19.3 Å². The molecular weight excluding hydrogens is 236 g/mol. The molecule has 0 aromatic carbocycles. The topological polar surface area (TPSA) is 34.0 Å². The van der Waals surface area contributed by atoms with Gasteiger partial charge in [-0.2, -0.15) is 5.10 Å². The van der Waals surface area contributed by atoms with Crippen LogP contribution in [0.5, 0.6) is 0 Å². The molecule has 0 radical (unpaired) electrons. The van der Waals surface area contributed by atoms with Crippen LogP contribution in [-0.4, -0.2) is 38.1 Å². The van der Waals surface area contributed by atoms with Gasteiger partial charge in [-0.3, -0.25) is 4.90 Å². The molecule has 0 unspecified atom stereocenters. The van der Waals surface area contributed by atoms with Crippen LogP contribution in [-0.2, 0) is 13.1 Å². The number of hydrogen-bond donors (Lipinski definition) is 0. The molecule has 5 heteroatoms. The summed E-state index contributed by atoms with van der Waals surface area (Å²) >= 11 is 5.88. The van der Waals surface area contributed by atoms with E-state index in [4.69, 9.17) is 11.6 Å². The number of halogens is 1. The van der Waals surface area contributed by atoms with Crippen LogP contribution in [0.15, 0.2) is 6.33 Å². The molecule has 2 rings (SSSR count). The van der Waals surface area contributed by atoms with Crippen molar-refractivity contribution in [1.82, 2.24) is 19.7 Å². The summed E-state index contributed by atoms with van der Waals surface area (Å²) in [6, 6.07) is 0.709. The van der Waals surface area contributed by atoms with Crippen molar-refractivity contribution in [3.05, 3.63) is 12.2 Å². The van der Waals surface area contributed by atoms with Gasteiger partial charge in [-0.25, -0.2) is 9.67 Å². The first-order valence-corrected chi connectivity index (χ1v) is 7.05. The zero-order valence-electron chi connectivity index (χ0n) is 10.5. The normalized spacial score (nSPS) is 16.4. The zero-order chi connectivity index (χ0) is 12.1. The molecule has 0 aliphatic heterocycles. The number of rotatable bonds is 7. The van der Waals surface area contributed by atoms with E-state index in [1.807, 2.05) is 4.68 Å². The van der Waals surface area contributed by atoms with Gasteiger partial charge in [0.05, 0.1) is 6.54 Å². The Morgan fingerprint density at radius 2 is 2.35 bits per heavy atom. The Kier molecular flexibility index (Phi) is 4.80. The minimum absolute atomic E-state index is 0.693. The molecule has 1 saturated carbocycles. The average molecular weight is 257 g/mol. The summed E-state index contributed by atoms with van der Waals surface area (Å²) < 4.78 is 2.01. The summed E-state index contributed by atoms with van der Waals surface area (Å²) in [5.74, 6) is 1.77. The van der Waals surface area contributed by atoms with Crippen LogP contribution in [0.25, 0.3) is 0 Å². The second-order valence-electron chi connectivity index (χ2n) is 4.64. The van der Waals surface area contributed by atoms with Crippen LogP contribution in [0.2, 0.25) is 0 Å². The second kappa shape index (κ2) is 6.36. The molecule has 4 nitrogen and oxygen atoms in total. The van der Waals surface area contributed by atoms with Gasteiger partial charge in [0.1, 0.15) is 12.2 Å². The quantitative estimate of drug-likeness (QED) is 0.702. The standard InChI is InChI=1S/C12H21ClN4/c1-2-7-17-12(14-10-15-17)9-16(8-6-13)11-4-3-5-11/h10-11H,2-9H2,1H3. The van der Waals surface area contributed by atoms with Crippen molar-refractivity contribution in [1.29, 1.82) is 0 Å². The molecule has 1 heterocycles. The molecule has 1 aromatic rings. The Bertz CT molecular complexity index is 335. The molecule has 0 atom stereocenters. The van der Waals surface area contributed by atoms with E-state index in [-0.39, 0.29) is 0 Å². The highest BCUT2D eigenvalue weighted by molar-refractivity contribution is 6.18. The number of aryl methyl sites for hydroxylation is 1. The van der Waals surface area contributed by atoms with Crippen LogP contribution in [0.3, 0.4) is 0 Å². The summed E-state index contributed by atoms with van der Waals surface area (Å²) in [6.45, 7) is 4.95. The summed E-state index contributed by atoms with van der Waals surface area (Å²) in [5.41, 5.74) is 0. The van der Waals surface area contributed by atoms with E-state index in [1.165, 1.54) is 19.3 Å². The maximum absolute atomic E-state index is 5.88. The Hall–Kier alpha value is -0.610. The molecule has 0 spiro atoms. The summed E-state index contributed by atoms with van der Waals surface area (Å²) in [5, 5.41) is 4.27. The van der Waals surface area contributed by atoms with Gasteiger partial charge < -0.3 is 0 Å². The number of nitrogens with zero attached hydrogens (tertiary/aromatic N) is 4. The van der Waals surface area contributed by atoms with Gasteiger partial charge in [0, 0.05) is 25.0 Å². The largest absolute Gasteiger partial charge is 0.292 e. The highest BCUT2D eigenvalue weighted by atomic mass is 35.5. The van der Waals surface area contributed by atoms with E-state index >= 15 is 0 Å². The molecule has 1 aliphatic rings. The lowest BCUT2D eigenvalue weighted by molar-refractivity contribution is 0.122. The van der Waals surface area contributed by atoms with Crippen LogP contribution >= 0.6 is 11.6 Å². The third-order valence-electron chi connectivity index (χ3n) is 3.44. The molecule has 96 valence electrons. The van der Waals surface area contributed by atoms with Crippen molar-refractivity contribution in [3.8, 4) is 0 Å². The zero-order valence-corrected chi connectivity index (χ0v) is 11.2. The van der Waals surface area contributed by atoms with Crippen molar-refractivity contribution in [2.75, 3.05) is 12.4 Å². The lowest BCUT2D eigenvalue weighted by Crippen LogP contribution is -2.41. The van der Waals surface area contributed by atoms with Gasteiger partial charge in [0.2, 0.25) is 0 Å². The molecule has 0 saturated heterocycles. The predicted octanol–water partition coefficient (Wildman–Crippen LogP) is 2.28. The number of aromatic nitrogens is 3. The average Bonchev–Trinajstić information content (AvgIpc) is 2.64. The van der Waals surface area contributed by atoms with Crippen molar-refractivity contribution in [2.24, 2.45) is 0 Å². The van der Waals surface area contributed by atoms with Crippen LogP contribution in [0.4, 0.5) is 0 Å². The highest BCUT2D eigenvalue weighted by Crippen LogP contribution is 2.25. The van der Waals surface area contributed by atoms with Gasteiger partial charge in [-0.1, -0.05) is 13.3 Å². The Morgan fingerprint density at radius 1 is 1.53 bits per heavy atom. The fourth-order valence-electron chi connectivity index (χ4n) is 2.24. The minimum Gasteiger partial charge on any atom is -0.292 e.